The van der Waals surface area contributed by atoms with Gasteiger partial charge in [0.15, 0.2) is 0 Å². The molecule has 0 aromatic carbocycles. The van der Waals surface area contributed by atoms with E-state index in [1.54, 1.807) is 21.0 Å². The van der Waals surface area contributed by atoms with Gasteiger partial charge in [-0.3, -0.25) is 4.79 Å². The molecule has 58 valence electrons. The molecule has 1 N–H and O–H groups in total. The molecule has 10 heavy (non-hydrogen) atoms. The summed E-state index contributed by atoms with van der Waals surface area (Å²) < 4.78 is 0. The van der Waals surface area contributed by atoms with Crippen LogP contribution in [0.25, 0.3) is 0 Å². The van der Waals surface area contributed by atoms with E-state index in [9.17, 15) is 4.79 Å². The number of aliphatic hydroxyl groups excluding tert-OH is 1. The Morgan fingerprint density at radius 1 is 1.30 bits per heavy atom. The zero-order valence-corrected chi connectivity index (χ0v) is 6.80. The summed E-state index contributed by atoms with van der Waals surface area (Å²) in [5.74, 6) is -0.0706. The second-order valence-electron chi connectivity index (χ2n) is 2.41. The molecular weight excluding hydrogens is 130 g/mol. The lowest BCUT2D eigenvalue weighted by Crippen LogP contribution is -2.23. The second kappa shape index (κ2) is 3.25. The SMILES string of the molecule is C/C(O)=C(\C)C(=O)N(C)C. The number of nitrogens with zero attached hydrogens (tertiary/aromatic N) is 1. The molecule has 0 unspecified atom stereocenters. The fourth-order valence-corrected chi connectivity index (χ4v) is 0.490. The largest absolute Gasteiger partial charge is 0.512 e. The van der Waals surface area contributed by atoms with Gasteiger partial charge >= 0.3 is 0 Å². The van der Waals surface area contributed by atoms with E-state index in [0.29, 0.717) is 5.57 Å². The van der Waals surface area contributed by atoms with E-state index in [4.69, 9.17) is 5.11 Å². The molecule has 0 aliphatic heterocycles. The first-order chi connectivity index (χ1) is 4.46. The van der Waals surface area contributed by atoms with E-state index in [2.05, 4.69) is 0 Å². The zero-order valence-electron chi connectivity index (χ0n) is 6.80. The van der Waals surface area contributed by atoms with Gasteiger partial charge in [0.25, 0.3) is 5.91 Å². The number of amides is 1. The van der Waals surface area contributed by atoms with E-state index in [1.807, 2.05) is 0 Å². The summed E-state index contributed by atoms with van der Waals surface area (Å²) in [6.45, 7) is 3.09. The van der Waals surface area contributed by atoms with Crippen molar-refractivity contribution in [3.8, 4) is 0 Å². The van der Waals surface area contributed by atoms with Gasteiger partial charge in [-0.05, 0) is 13.8 Å². The molecule has 3 heteroatoms. The lowest BCUT2D eigenvalue weighted by Gasteiger charge is -2.10. The number of allylic oxidation sites excluding steroid dienone is 1. The van der Waals surface area contributed by atoms with E-state index < -0.39 is 0 Å². The number of hydrogen-bond acceptors (Lipinski definition) is 2. The average Bonchev–Trinajstić information content (AvgIpc) is 1.84. The van der Waals surface area contributed by atoms with E-state index in [0.717, 1.165) is 0 Å². The molecule has 0 heterocycles. The molecule has 3 nitrogen and oxygen atoms in total. The summed E-state index contributed by atoms with van der Waals surface area (Å²) in [5.41, 5.74) is 0.394. The first-order valence-corrected chi connectivity index (χ1v) is 3.05. The molecule has 0 fully saturated rings. The second-order valence-corrected chi connectivity index (χ2v) is 2.41. The van der Waals surface area contributed by atoms with Crippen LogP contribution in [0.5, 0.6) is 0 Å². The maximum Gasteiger partial charge on any atom is 0.252 e. The quantitative estimate of drug-likeness (QED) is 0.438. The van der Waals surface area contributed by atoms with Crippen LogP contribution >= 0.6 is 0 Å². The van der Waals surface area contributed by atoms with Gasteiger partial charge in [-0.1, -0.05) is 0 Å². The van der Waals surface area contributed by atoms with Crippen molar-refractivity contribution in [1.82, 2.24) is 4.90 Å². The van der Waals surface area contributed by atoms with Gasteiger partial charge in [-0.25, -0.2) is 0 Å². The number of hydrogen-bond donors (Lipinski definition) is 1. The molecule has 0 aromatic rings. The van der Waals surface area contributed by atoms with Crippen molar-refractivity contribution in [2.75, 3.05) is 14.1 Å². The number of carbonyl (C=O) groups excluding carboxylic acids is 1. The lowest BCUT2D eigenvalue weighted by atomic mass is 10.2. The van der Waals surface area contributed by atoms with Gasteiger partial charge in [-0.2, -0.15) is 0 Å². The summed E-state index contributed by atoms with van der Waals surface area (Å²) >= 11 is 0. The third kappa shape index (κ3) is 2.09. The highest BCUT2D eigenvalue weighted by Gasteiger charge is 2.08. The predicted molar refractivity (Wildman–Crippen MR) is 39.7 cm³/mol. The Morgan fingerprint density at radius 3 is 1.80 bits per heavy atom. The van der Waals surface area contributed by atoms with Crippen molar-refractivity contribution in [1.29, 1.82) is 0 Å². The number of carbonyl (C=O) groups is 1. The third-order valence-electron chi connectivity index (χ3n) is 1.27. The number of aliphatic hydroxyl groups is 1. The van der Waals surface area contributed by atoms with Gasteiger partial charge in [0.2, 0.25) is 0 Å². The van der Waals surface area contributed by atoms with Gasteiger partial charge < -0.3 is 10.0 Å². The van der Waals surface area contributed by atoms with Crippen LogP contribution in [0.1, 0.15) is 13.8 Å². The molecule has 0 aliphatic rings. The molecule has 0 aromatic heterocycles. The Hall–Kier alpha value is -0.990. The topological polar surface area (TPSA) is 40.5 Å². The highest BCUT2D eigenvalue weighted by molar-refractivity contribution is 5.92. The van der Waals surface area contributed by atoms with Crippen LogP contribution in [0.4, 0.5) is 0 Å². The monoisotopic (exact) mass is 143 g/mol. The normalized spacial score (nSPS) is 12.4. The summed E-state index contributed by atoms with van der Waals surface area (Å²) in [4.78, 5) is 12.4. The molecule has 0 aliphatic carbocycles. The molecule has 0 saturated heterocycles. The third-order valence-corrected chi connectivity index (χ3v) is 1.27. The molecular formula is C7H13NO2. The van der Waals surface area contributed by atoms with Crippen LogP contribution in [0.2, 0.25) is 0 Å². The van der Waals surface area contributed by atoms with Crippen LogP contribution < -0.4 is 0 Å². The van der Waals surface area contributed by atoms with Crippen molar-refractivity contribution in [3.63, 3.8) is 0 Å². The Labute approximate surface area is 61.0 Å². The van der Waals surface area contributed by atoms with Crippen molar-refractivity contribution in [2.45, 2.75) is 13.8 Å². The van der Waals surface area contributed by atoms with E-state index >= 15 is 0 Å². The Balaban J connectivity index is 4.38. The van der Waals surface area contributed by atoms with Crippen molar-refractivity contribution >= 4 is 5.91 Å². The van der Waals surface area contributed by atoms with Crippen LogP contribution in [0.15, 0.2) is 11.3 Å². The molecule has 1 amide bonds. The standard InChI is InChI=1S/C7H13NO2/c1-5(6(2)9)7(10)8(3)4/h9H,1-4H3/b6-5-. The highest BCUT2D eigenvalue weighted by Crippen LogP contribution is 2.01. The first-order valence-electron chi connectivity index (χ1n) is 3.05. The fraction of sp³-hybridized carbons (Fsp3) is 0.571. The molecule has 0 spiro atoms. The fourth-order valence-electron chi connectivity index (χ4n) is 0.490. The van der Waals surface area contributed by atoms with Crippen LogP contribution in [-0.2, 0) is 4.79 Å². The van der Waals surface area contributed by atoms with Gasteiger partial charge in [0, 0.05) is 14.1 Å². The van der Waals surface area contributed by atoms with Gasteiger partial charge in [0.05, 0.1) is 11.3 Å². The lowest BCUT2D eigenvalue weighted by molar-refractivity contribution is -0.124. The van der Waals surface area contributed by atoms with Crippen molar-refractivity contribution < 1.29 is 9.90 Å². The first kappa shape index (κ1) is 9.01. The average molecular weight is 143 g/mol. The van der Waals surface area contributed by atoms with E-state index in [-0.39, 0.29) is 11.7 Å². The Morgan fingerprint density at radius 2 is 1.70 bits per heavy atom. The number of likely N-dealkylation sites (N-methyl/N-ethyl adjacent to an activating group) is 1. The smallest absolute Gasteiger partial charge is 0.252 e. The van der Waals surface area contributed by atoms with Gasteiger partial charge in [-0.15, -0.1) is 0 Å². The Bertz CT molecular complexity index is 166. The number of rotatable bonds is 1. The summed E-state index contributed by atoms with van der Waals surface area (Å²) in [6.07, 6.45) is 0. The minimum atomic E-state index is -0.153. The summed E-state index contributed by atoms with van der Waals surface area (Å²) in [6, 6.07) is 0. The minimum Gasteiger partial charge on any atom is -0.512 e. The molecule has 0 saturated carbocycles. The molecule has 0 atom stereocenters. The van der Waals surface area contributed by atoms with E-state index in [1.165, 1.54) is 11.8 Å². The maximum atomic E-state index is 11.0. The molecule has 0 bridgehead atoms. The molecule has 0 rings (SSSR count). The van der Waals surface area contributed by atoms with Crippen LogP contribution in [0.3, 0.4) is 0 Å². The molecule has 0 radical (unpaired) electrons. The van der Waals surface area contributed by atoms with Crippen molar-refractivity contribution in [2.24, 2.45) is 0 Å². The van der Waals surface area contributed by atoms with Crippen LogP contribution in [0, 0.1) is 0 Å². The van der Waals surface area contributed by atoms with Crippen LogP contribution in [-0.4, -0.2) is 30.0 Å². The summed E-state index contributed by atoms with van der Waals surface area (Å²) in [7, 11) is 3.30. The van der Waals surface area contributed by atoms with Gasteiger partial charge in [0.1, 0.15) is 0 Å². The Kier molecular flexibility index (Phi) is 2.93. The summed E-state index contributed by atoms with van der Waals surface area (Å²) in [5, 5.41) is 8.87. The minimum absolute atomic E-state index is 0.0821. The highest BCUT2D eigenvalue weighted by atomic mass is 16.3. The van der Waals surface area contributed by atoms with Crippen molar-refractivity contribution in [3.05, 3.63) is 11.3 Å². The maximum absolute atomic E-state index is 11.0. The predicted octanol–water partition coefficient (Wildman–Crippen LogP) is 0.927. The zero-order chi connectivity index (χ0) is 8.31.